The lowest BCUT2D eigenvalue weighted by molar-refractivity contribution is -0.167. The van der Waals surface area contributed by atoms with Gasteiger partial charge in [0, 0.05) is 19.3 Å². The van der Waals surface area contributed by atoms with Crippen LogP contribution in [0.3, 0.4) is 0 Å². The third-order valence-electron chi connectivity index (χ3n) is 12.6. The Hall–Kier alpha value is -2.37. The van der Waals surface area contributed by atoms with E-state index in [9.17, 15) is 14.4 Å². The number of unbranched alkanes of at least 4 members (excludes halogenated alkanes) is 35. The quantitative estimate of drug-likeness (QED) is 0.0262. The maximum absolute atomic E-state index is 12.8. The molecule has 0 fully saturated rings. The molecule has 0 amide bonds. The summed E-state index contributed by atoms with van der Waals surface area (Å²) < 4.78 is 16.8. The number of hydrogen-bond acceptors (Lipinski definition) is 6. The molecule has 0 saturated carbocycles. The van der Waals surface area contributed by atoms with Crippen molar-refractivity contribution in [3.05, 3.63) is 36.5 Å². The van der Waals surface area contributed by atoms with E-state index in [0.717, 1.165) is 89.9 Å². The fourth-order valence-electron chi connectivity index (χ4n) is 8.30. The van der Waals surface area contributed by atoms with Gasteiger partial charge in [0.05, 0.1) is 0 Å². The van der Waals surface area contributed by atoms with E-state index in [1.165, 1.54) is 173 Å². The largest absolute Gasteiger partial charge is 0.462 e. The first-order chi connectivity index (χ1) is 32.0. The van der Waals surface area contributed by atoms with E-state index in [1.807, 2.05) is 0 Å². The molecule has 1 unspecified atom stereocenters. The van der Waals surface area contributed by atoms with Gasteiger partial charge in [0.25, 0.3) is 0 Å². The molecule has 0 N–H and O–H groups in total. The molecule has 380 valence electrons. The number of hydrogen-bond donors (Lipinski definition) is 0. The monoisotopic (exact) mass is 913 g/mol. The zero-order valence-corrected chi connectivity index (χ0v) is 43.5. The van der Waals surface area contributed by atoms with Crippen molar-refractivity contribution in [3.8, 4) is 0 Å². The highest BCUT2D eigenvalue weighted by atomic mass is 16.6. The zero-order valence-electron chi connectivity index (χ0n) is 43.5. The molecule has 0 aliphatic carbocycles. The SMILES string of the molecule is CCC/C=C\C/C=C\CCCCCCCC(=O)OCC(COC(=O)CCCCCCCCCCCCCCCCCCCCCC)OC(=O)CCCCCCC/C=C\CCCCCCC. The highest BCUT2D eigenvalue weighted by Crippen LogP contribution is 2.17. The van der Waals surface area contributed by atoms with E-state index < -0.39 is 6.10 Å². The highest BCUT2D eigenvalue weighted by Gasteiger charge is 2.19. The number of allylic oxidation sites excluding steroid dienone is 6. The van der Waals surface area contributed by atoms with E-state index in [-0.39, 0.29) is 31.1 Å². The summed E-state index contributed by atoms with van der Waals surface area (Å²) in [7, 11) is 0. The van der Waals surface area contributed by atoms with Crippen molar-refractivity contribution in [2.45, 2.75) is 309 Å². The lowest BCUT2D eigenvalue weighted by Gasteiger charge is -2.18. The Morgan fingerprint density at radius 3 is 0.923 bits per heavy atom. The molecule has 0 radical (unpaired) electrons. The van der Waals surface area contributed by atoms with Gasteiger partial charge in [0.2, 0.25) is 0 Å². The summed E-state index contributed by atoms with van der Waals surface area (Å²) in [6.07, 6.45) is 64.2. The Morgan fingerprint density at radius 2 is 0.585 bits per heavy atom. The van der Waals surface area contributed by atoms with Gasteiger partial charge in [0.15, 0.2) is 6.10 Å². The molecule has 0 spiro atoms. The standard InChI is InChI=1S/C59H108O6/c1-4-7-10-13-16-19-22-25-27-28-29-30-31-32-35-37-40-43-46-49-52-58(61)64-55-56(54-63-57(60)51-48-45-42-39-36-33-24-21-18-15-12-9-6-3)65-59(62)53-50-47-44-41-38-34-26-23-20-17-14-11-8-5-2/h12,15,21,23-24,26,56H,4-11,13-14,16-20,22,25,27-55H2,1-3H3/b15-12-,24-21-,26-23-. The Morgan fingerprint density at radius 1 is 0.308 bits per heavy atom. The third kappa shape index (κ3) is 52.5. The maximum atomic E-state index is 12.8. The lowest BCUT2D eigenvalue weighted by atomic mass is 10.0. The molecular formula is C59H108O6. The van der Waals surface area contributed by atoms with Crippen molar-refractivity contribution in [3.63, 3.8) is 0 Å². The van der Waals surface area contributed by atoms with Crippen LogP contribution >= 0.6 is 0 Å². The van der Waals surface area contributed by atoms with Crippen molar-refractivity contribution in [2.75, 3.05) is 13.2 Å². The van der Waals surface area contributed by atoms with Crippen LogP contribution in [-0.4, -0.2) is 37.2 Å². The number of carbonyl (C=O) groups is 3. The first-order valence-electron chi connectivity index (χ1n) is 28.5. The van der Waals surface area contributed by atoms with Gasteiger partial charge in [-0.2, -0.15) is 0 Å². The van der Waals surface area contributed by atoms with Crippen LogP contribution in [0.15, 0.2) is 36.5 Å². The van der Waals surface area contributed by atoms with Gasteiger partial charge in [-0.1, -0.05) is 250 Å². The van der Waals surface area contributed by atoms with Crippen LogP contribution in [0.2, 0.25) is 0 Å². The molecule has 0 saturated heterocycles. The van der Waals surface area contributed by atoms with Crippen molar-refractivity contribution in [1.82, 2.24) is 0 Å². The summed E-state index contributed by atoms with van der Waals surface area (Å²) in [5, 5.41) is 0. The molecule has 0 aromatic heterocycles. The first kappa shape index (κ1) is 62.6. The minimum atomic E-state index is -0.779. The van der Waals surface area contributed by atoms with E-state index in [1.54, 1.807) is 0 Å². The molecule has 0 aliphatic heterocycles. The van der Waals surface area contributed by atoms with Crippen LogP contribution in [0.25, 0.3) is 0 Å². The molecule has 6 heteroatoms. The first-order valence-corrected chi connectivity index (χ1v) is 28.5. The summed E-state index contributed by atoms with van der Waals surface area (Å²) in [6.45, 7) is 6.58. The van der Waals surface area contributed by atoms with E-state index in [4.69, 9.17) is 14.2 Å². The third-order valence-corrected chi connectivity index (χ3v) is 12.6. The predicted molar refractivity (Wildman–Crippen MR) is 279 cm³/mol. The molecule has 0 aromatic carbocycles. The molecule has 1 atom stereocenters. The summed E-state index contributed by atoms with van der Waals surface area (Å²) in [4.78, 5) is 38.1. The van der Waals surface area contributed by atoms with Gasteiger partial charge < -0.3 is 14.2 Å². The minimum Gasteiger partial charge on any atom is -0.462 e. The molecule has 0 bridgehead atoms. The molecule has 6 nitrogen and oxygen atoms in total. The minimum absolute atomic E-state index is 0.0766. The second-order valence-corrected chi connectivity index (χ2v) is 19.2. The summed E-state index contributed by atoms with van der Waals surface area (Å²) in [5.41, 5.74) is 0. The maximum Gasteiger partial charge on any atom is 0.306 e. The Kier molecular flexibility index (Phi) is 52.3. The van der Waals surface area contributed by atoms with Crippen LogP contribution in [0, 0.1) is 0 Å². The Bertz CT molecular complexity index is 1090. The van der Waals surface area contributed by atoms with Gasteiger partial charge in [-0.15, -0.1) is 0 Å². The fourth-order valence-corrected chi connectivity index (χ4v) is 8.30. The van der Waals surface area contributed by atoms with Crippen molar-refractivity contribution < 1.29 is 28.6 Å². The smallest absolute Gasteiger partial charge is 0.306 e. The second-order valence-electron chi connectivity index (χ2n) is 19.2. The van der Waals surface area contributed by atoms with Crippen LogP contribution in [-0.2, 0) is 28.6 Å². The number of carbonyl (C=O) groups excluding carboxylic acids is 3. The lowest BCUT2D eigenvalue weighted by Crippen LogP contribution is -2.30. The van der Waals surface area contributed by atoms with Crippen molar-refractivity contribution in [1.29, 1.82) is 0 Å². The van der Waals surface area contributed by atoms with Gasteiger partial charge in [-0.25, -0.2) is 0 Å². The average Bonchev–Trinajstić information content (AvgIpc) is 3.30. The van der Waals surface area contributed by atoms with Crippen LogP contribution in [0.1, 0.15) is 303 Å². The molecule has 0 rings (SSSR count). The van der Waals surface area contributed by atoms with Gasteiger partial charge >= 0.3 is 17.9 Å². The second kappa shape index (κ2) is 54.2. The summed E-state index contributed by atoms with van der Waals surface area (Å²) in [5.74, 6) is -0.885. The molecule has 65 heavy (non-hydrogen) atoms. The topological polar surface area (TPSA) is 78.9 Å². The zero-order chi connectivity index (χ0) is 47.2. The van der Waals surface area contributed by atoms with Gasteiger partial charge in [-0.3, -0.25) is 14.4 Å². The summed E-state index contributed by atoms with van der Waals surface area (Å²) in [6, 6.07) is 0. The summed E-state index contributed by atoms with van der Waals surface area (Å²) >= 11 is 0. The fraction of sp³-hybridized carbons (Fsp3) is 0.847. The van der Waals surface area contributed by atoms with Crippen molar-refractivity contribution in [2.24, 2.45) is 0 Å². The molecule has 0 aliphatic rings. The average molecular weight is 914 g/mol. The molecule has 0 heterocycles. The van der Waals surface area contributed by atoms with Crippen molar-refractivity contribution >= 4 is 17.9 Å². The van der Waals surface area contributed by atoms with Gasteiger partial charge in [-0.05, 0) is 70.6 Å². The number of ether oxygens (including phenoxy) is 3. The predicted octanol–water partition coefficient (Wildman–Crippen LogP) is 18.9. The van der Waals surface area contributed by atoms with E-state index in [2.05, 4.69) is 57.2 Å². The molecular weight excluding hydrogens is 805 g/mol. The Balaban J connectivity index is 4.30. The normalized spacial score (nSPS) is 12.2. The number of rotatable bonds is 52. The Labute approximate surface area is 404 Å². The van der Waals surface area contributed by atoms with Crippen LogP contribution in [0.4, 0.5) is 0 Å². The van der Waals surface area contributed by atoms with Crippen LogP contribution < -0.4 is 0 Å². The molecule has 0 aromatic rings. The van der Waals surface area contributed by atoms with Gasteiger partial charge in [0.1, 0.15) is 13.2 Å². The highest BCUT2D eigenvalue weighted by molar-refractivity contribution is 5.71. The van der Waals surface area contributed by atoms with E-state index >= 15 is 0 Å². The number of esters is 3. The van der Waals surface area contributed by atoms with Crippen LogP contribution in [0.5, 0.6) is 0 Å². The van der Waals surface area contributed by atoms with E-state index in [0.29, 0.717) is 19.3 Å².